The minimum atomic E-state index is -0.167. The van der Waals surface area contributed by atoms with Crippen molar-refractivity contribution in [2.45, 2.75) is 33.2 Å². The van der Waals surface area contributed by atoms with Crippen molar-refractivity contribution in [2.75, 3.05) is 6.54 Å². The Kier molecular flexibility index (Phi) is 5.54. The van der Waals surface area contributed by atoms with Crippen LogP contribution in [0.25, 0.3) is 0 Å². The summed E-state index contributed by atoms with van der Waals surface area (Å²) in [7, 11) is 0. The zero-order valence-corrected chi connectivity index (χ0v) is 14.3. The lowest BCUT2D eigenvalue weighted by atomic mass is 9.96. The number of hydrogen-bond donors (Lipinski definition) is 1. The fourth-order valence-electron chi connectivity index (χ4n) is 2.79. The molecular formula is C18H21BrFN. The van der Waals surface area contributed by atoms with Gasteiger partial charge in [-0.15, -0.1) is 0 Å². The summed E-state index contributed by atoms with van der Waals surface area (Å²) in [5.41, 5.74) is 4.42. The third-order valence-corrected chi connectivity index (χ3v) is 4.21. The summed E-state index contributed by atoms with van der Waals surface area (Å²) in [5.74, 6) is -0.167. The molecule has 1 atom stereocenters. The molecule has 0 fully saturated rings. The van der Waals surface area contributed by atoms with E-state index in [4.69, 9.17) is 0 Å². The van der Waals surface area contributed by atoms with Crippen LogP contribution in [0.15, 0.2) is 40.9 Å². The summed E-state index contributed by atoms with van der Waals surface area (Å²) in [4.78, 5) is 0. The number of hydrogen-bond acceptors (Lipinski definition) is 1. The van der Waals surface area contributed by atoms with Crippen molar-refractivity contribution >= 4 is 15.9 Å². The molecule has 0 heterocycles. The van der Waals surface area contributed by atoms with Crippen LogP contribution in [0.4, 0.5) is 4.39 Å². The van der Waals surface area contributed by atoms with Gasteiger partial charge in [0.2, 0.25) is 0 Å². The first-order valence-electron chi connectivity index (χ1n) is 7.25. The van der Waals surface area contributed by atoms with Crippen LogP contribution in [0.1, 0.15) is 35.2 Å². The quantitative estimate of drug-likeness (QED) is 0.791. The van der Waals surface area contributed by atoms with E-state index in [1.807, 2.05) is 13.0 Å². The molecule has 0 saturated carbocycles. The first-order chi connectivity index (χ1) is 10.0. The summed E-state index contributed by atoms with van der Waals surface area (Å²) < 4.78 is 15.0. The van der Waals surface area contributed by atoms with Crippen LogP contribution in [0.2, 0.25) is 0 Å². The fourth-order valence-corrected chi connectivity index (χ4v) is 3.41. The highest BCUT2D eigenvalue weighted by molar-refractivity contribution is 9.10. The molecule has 0 aliphatic rings. The van der Waals surface area contributed by atoms with Crippen molar-refractivity contribution in [2.24, 2.45) is 0 Å². The zero-order chi connectivity index (χ0) is 15.4. The molecule has 3 heteroatoms. The highest BCUT2D eigenvalue weighted by Gasteiger charge is 2.18. The summed E-state index contributed by atoms with van der Waals surface area (Å²) in [6.07, 6.45) is 0.774. The van der Waals surface area contributed by atoms with Crippen LogP contribution in [0.5, 0.6) is 0 Å². The SMILES string of the molecule is CCNC(Cc1cc(C)cc(C)c1)c1c(F)cccc1Br. The van der Waals surface area contributed by atoms with Gasteiger partial charge in [-0.05, 0) is 44.5 Å². The normalized spacial score (nSPS) is 12.4. The van der Waals surface area contributed by atoms with E-state index in [0.717, 1.165) is 17.4 Å². The second-order valence-corrected chi connectivity index (χ2v) is 6.30. The minimum Gasteiger partial charge on any atom is -0.310 e. The average Bonchev–Trinajstić information content (AvgIpc) is 2.37. The van der Waals surface area contributed by atoms with E-state index in [9.17, 15) is 4.39 Å². The number of rotatable bonds is 5. The third-order valence-electron chi connectivity index (χ3n) is 3.52. The van der Waals surface area contributed by atoms with Crippen molar-refractivity contribution < 1.29 is 4.39 Å². The Morgan fingerprint density at radius 1 is 1.14 bits per heavy atom. The predicted molar refractivity (Wildman–Crippen MR) is 90.1 cm³/mol. The van der Waals surface area contributed by atoms with Crippen LogP contribution in [0, 0.1) is 19.7 Å². The Balaban J connectivity index is 2.35. The fraction of sp³-hybridized carbons (Fsp3) is 0.333. The van der Waals surface area contributed by atoms with Gasteiger partial charge in [0.1, 0.15) is 5.82 Å². The number of nitrogens with one attached hydrogen (secondary N) is 1. The molecule has 0 radical (unpaired) electrons. The van der Waals surface area contributed by atoms with Gasteiger partial charge in [0.25, 0.3) is 0 Å². The molecule has 0 amide bonds. The van der Waals surface area contributed by atoms with Crippen molar-refractivity contribution in [3.05, 3.63) is 68.9 Å². The number of likely N-dealkylation sites (N-methyl/N-ethyl adjacent to an activating group) is 1. The lowest BCUT2D eigenvalue weighted by molar-refractivity contribution is 0.507. The average molecular weight is 350 g/mol. The first kappa shape index (κ1) is 16.2. The maximum absolute atomic E-state index is 14.2. The molecule has 1 unspecified atom stereocenters. The summed E-state index contributed by atoms with van der Waals surface area (Å²) >= 11 is 3.48. The van der Waals surface area contributed by atoms with Gasteiger partial charge in [0, 0.05) is 16.1 Å². The lowest BCUT2D eigenvalue weighted by Crippen LogP contribution is -2.24. The van der Waals surface area contributed by atoms with Gasteiger partial charge in [-0.2, -0.15) is 0 Å². The van der Waals surface area contributed by atoms with Gasteiger partial charge in [0.15, 0.2) is 0 Å². The van der Waals surface area contributed by atoms with Gasteiger partial charge >= 0.3 is 0 Å². The van der Waals surface area contributed by atoms with E-state index >= 15 is 0 Å². The second-order valence-electron chi connectivity index (χ2n) is 5.45. The van der Waals surface area contributed by atoms with Crippen LogP contribution in [0.3, 0.4) is 0 Å². The summed E-state index contributed by atoms with van der Waals surface area (Å²) in [6, 6.07) is 11.6. The van der Waals surface area contributed by atoms with Crippen LogP contribution < -0.4 is 5.32 Å². The molecule has 2 rings (SSSR count). The van der Waals surface area contributed by atoms with Gasteiger partial charge in [-0.25, -0.2) is 4.39 Å². The van der Waals surface area contributed by atoms with Gasteiger partial charge < -0.3 is 5.32 Å². The van der Waals surface area contributed by atoms with E-state index in [-0.39, 0.29) is 11.9 Å². The summed E-state index contributed by atoms with van der Waals surface area (Å²) in [5, 5.41) is 3.40. The highest BCUT2D eigenvalue weighted by Crippen LogP contribution is 2.29. The van der Waals surface area contributed by atoms with Gasteiger partial charge in [0.05, 0.1) is 0 Å². The third kappa shape index (κ3) is 4.14. The van der Waals surface area contributed by atoms with Crippen LogP contribution in [-0.4, -0.2) is 6.54 Å². The largest absolute Gasteiger partial charge is 0.310 e. The molecule has 21 heavy (non-hydrogen) atoms. The predicted octanol–water partition coefficient (Wildman–Crippen LogP) is 5.10. The Morgan fingerprint density at radius 2 is 1.81 bits per heavy atom. The molecule has 0 aliphatic heterocycles. The van der Waals surface area contributed by atoms with E-state index < -0.39 is 0 Å². The zero-order valence-electron chi connectivity index (χ0n) is 12.7. The Morgan fingerprint density at radius 3 is 2.38 bits per heavy atom. The molecule has 1 nitrogen and oxygen atoms in total. The standard InChI is InChI=1S/C18H21BrFN/c1-4-21-17(18-15(19)6-5-7-16(18)20)11-14-9-12(2)8-13(3)10-14/h5-10,17,21H,4,11H2,1-3H3. The number of aryl methyl sites for hydroxylation is 2. The van der Waals surface area contributed by atoms with E-state index in [2.05, 4.69) is 53.3 Å². The molecule has 0 bridgehead atoms. The Bertz CT molecular complexity index is 584. The highest BCUT2D eigenvalue weighted by atomic mass is 79.9. The topological polar surface area (TPSA) is 12.0 Å². The second kappa shape index (κ2) is 7.19. The van der Waals surface area contributed by atoms with Gasteiger partial charge in [-0.1, -0.05) is 58.2 Å². The molecular weight excluding hydrogens is 329 g/mol. The van der Waals surface area contributed by atoms with E-state index in [0.29, 0.717) is 5.56 Å². The molecule has 0 aliphatic carbocycles. The molecule has 0 aromatic heterocycles. The minimum absolute atomic E-state index is 0.0354. The van der Waals surface area contributed by atoms with Gasteiger partial charge in [-0.3, -0.25) is 0 Å². The van der Waals surface area contributed by atoms with Crippen molar-refractivity contribution in [1.82, 2.24) is 5.32 Å². The number of benzene rings is 2. The maximum Gasteiger partial charge on any atom is 0.129 e. The van der Waals surface area contributed by atoms with E-state index in [1.165, 1.54) is 22.8 Å². The Hall–Kier alpha value is -1.19. The number of halogens is 2. The lowest BCUT2D eigenvalue weighted by Gasteiger charge is -2.21. The first-order valence-corrected chi connectivity index (χ1v) is 8.05. The smallest absolute Gasteiger partial charge is 0.129 e. The van der Waals surface area contributed by atoms with Crippen LogP contribution in [-0.2, 0) is 6.42 Å². The molecule has 2 aromatic carbocycles. The monoisotopic (exact) mass is 349 g/mol. The molecule has 0 saturated heterocycles. The van der Waals surface area contributed by atoms with Crippen molar-refractivity contribution in [3.63, 3.8) is 0 Å². The summed E-state index contributed by atoms with van der Waals surface area (Å²) in [6.45, 7) is 7.04. The maximum atomic E-state index is 14.2. The molecule has 1 N–H and O–H groups in total. The van der Waals surface area contributed by atoms with Crippen LogP contribution >= 0.6 is 15.9 Å². The Labute approximate surface area is 134 Å². The van der Waals surface area contributed by atoms with Crippen molar-refractivity contribution in [3.8, 4) is 0 Å². The molecule has 0 spiro atoms. The molecule has 2 aromatic rings. The van der Waals surface area contributed by atoms with Crippen molar-refractivity contribution in [1.29, 1.82) is 0 Å². The van der Waals surface area contributed by atoms with E-state index in [1.54, 1.807) is 6.07 Å². The molecule has 112 valence electrons.